The molecular formula is C16H21BrO2. The van der Waals surface area contributed by atoms with E-state index < -0.39 is 11.4 Å². The first kappa shape index (κ1) is 14.6. The SMILES string of the molecule is CC(C)(Cc1ccc(C2CCCC2)c(Br)c1)C(=O)O. The topological polar surface area (TPSA) is 37.3 Å². The summed E-state index contributed by atoms with van der Waals surface area (Å²) in [5.41, 5.74) is 1.75. The van der Waals surface area contributed by atoms with Crippen LogP contribution in [0.5, 0.6) is 0 Å². The highest BCUT2D eigenvalue weighted by Gasteiger charge is 2.28. The summed E-state index contributed by atoms with van der Waals surface area (Å²) in [6, 6.07) is 6.36. The molecule has 0 aliphatic heterocycles. The summed E-state index contributed by atoms with van der Waals surface area (Å²) in [6.07, 6.45) is 5.76. The fraction of sp³-hybridized carbons (Fsp3) is 0.562. The van der Waals surface area contributed by atoms with Crippen molar-refractivity contribution in [1.29, 1.82) is 0 Å². The van der Waals surface area contributed by atoms with Gasteiger partial charge >= 0.3 is 5.97 Å². The van der Waals surface area contributed by atoms with Crippen LogP contribution in [0.25, 0.3) is 0 Å². The van der Waals surface area contributed by atoms with Gasteiger partial charge in [-0.3, -0.25) is 4.79 Å². The Morgan fingerprint density at radius 2 is 2.00 bits per heavy atom. The van der Waals surface area contributed by atoms with Gasteiger partial charge in [0.1, 0.15) is 0 Å². The molecule has 0 amide bonds. The molecule has 0 radical (unpaired) electrons. The zero-order valence-corrected chi connectivity index (χ0v) is 13.2. The molecule has 3 heteroatoms. The van der Waals surface area contributed by atoms with E-state index in [4.69, 9.17) is 0 Å². The highest BCUT2D eigenvalue weighted by molar-refractivity contribution is 9.10. The van der Waals surface area contributed by atoms with E-state index >= 15 is 0 Å². The molecule has 104 valence electrons. The van der Waals surface area contributed by atoms with Crippen molar-refractivity contribution in [2.45, 2.75) is 51.9 Å². The van der Waals surface area contributed by atoms with Crippen LogP contribution in [-0.2, 0) is 11.2 Å². The Morgan fingerprint density at radius 3 is 2.53 bits per heavy atom. The second-order valence-corrected chi connectivity index (χ2v) is 7.06. The van der Waals surface area contributed by atoms with Crippen LogP contribution in [0.3, 0.4) is 0 Å². The molecule has 0 spiro atoms. The Balaban J connectivity index is 2.17. The first-order valence-corrected chi connectivity index (χ1v) is 7.71. The van der Waals surface area contributed by atoms with E-state index in [2.05, 4.69) is 34.1 Å². The number of benzene rings is 1. The first-order chi connectivity index (χ1) is 8.90. The number of carboxylic acid groups (broad SMARTS) is 1. The quantitative estimate of drug-likeness (QED) is 0.866. The summed E-state index contributed by atoms with van der Waals surface area (Å²) < 4.78 is 1.14. The van der Waals surface area contributed by atoms with Gasteiger partial charge in [0, 0.05) is 4.47 Å². The molecular weight excluding hydrogens is 304 g/mol. The number of carbonyl (C=O) groups is 1. The van der Waals surface area contributed by atoms with Gasteiger partial charge in [-0.15, -0.1) is 0 Å². The lowest BCUT2D eigenvalue weighted by Crippen LogP contribution is -2.26. The maximum absolute atomic E-state index is 11.2. The van der Waals surface area contributed by atoms with E-state index in [-0.39, 0.29) is 0 Å². The standard InChI is InChI=1S/C16H21BrO2/c1-16(2,15(18)19)10-11-7-8-13(14(17)9-11)12-5-3-4-6-12/h7-9,12H,3-6,10H2,1-2H3,(H,18,19). The summed E-state index contributed by atoms with van der Waals surface area (Å²) in [6.45, 7) is 3.54. The maximum Gasteiger partial charge on any atom is 0.309 e. The summed E-state index contributed by atoms with van der Waals surface area (Å²) in [7, 11) is 0. The third-order valence-electron chi connectivity index (χ3n) is 4.08. The van der Waals surface area contributed by atoms with Gasteiger partial charge in [0.2, 0.25) is 0 Å². The fourth-order valence-electron chi connectivity index (χ4n) is 2.83. The van der Waals surface area contributed by atoms with Crippen molar-refractivity contribution in [3.63, 3.8) is 0 Å². The molecule has 1 aliphatic carbocycles. The first-order valence-electron chi connectivity index (χ1n) is 6.92. The van der Waals surface area contributed by atoms with Crippen molar-refractivity contribution in [1.82, 2.24) is 0 Å². The summed E-state index contributed by atoms with van der Waals surface area (Å²) in [5.74, 6) is -0.0700. The monoisotopic (exact) mass is 324 g/mol. The van der Waals surface area contributed by atoms with E-state index in [0.29, 0.717) is 12.3 Å². The lowest BCUT2D eigenvalue weighted by atomic mass is 9.85. The van der Waals surface area contributed by atoms with Crippen LogP contribution in [0, 0.1) is 5.41 Å². The number of rotatable bonds is 4. The minimum absolute atomic E-state index is 0.561. The van der Waals surface area contributed by atoms with Crippen LogP contribution in [0.1, 0.15) is 56.6 Å². The van der Waals surface area contributed by atoms with Crippen molar-refractivity contribution < 1.29 is 9.90 Å². The highest BCUT2D eigenvalue weighted by atomic mass is 79.9. The molecule has 0 unspecified atom stereocenters. The van der Waals surface area contributed by atoms with Crippen LogP contribution in [0.15, 0.2) is 22.7 Å². The number of halogens is 1. The Labute approximate surface area is 123 Å². The van der Waals surface area contributed by atoms with Gasteiger partial charge in [-0.25, -0.2) is 0 Å². The Kier molecular flexibility index (Phi) is 4.34. The molecule has 1 saturated carbocycles. The number of carboxylic acids is 1. The van der Waals surface area contributed by atoms with Crippen LogP contribution in [0.2, 0.25) is 0 Å². The van der Waals surface area contributed by atoms with Crippen molar-refractivity contribution in [3.8, 4) is 0 Å². The van der Waals surface area contributed by atoms with Crippen molar-refractivity contribution in [2.24, 2.45) is 5.41 Å². The van der Waals surface area contributed by atoms with Crippen LogP contribution >= 0.6 is 15.9 Å². The van der Waals surface area contributed by atoms with E-state index in [1.54, 1.807) is 13.8 Å². The maximum atomic E-state index is 11.2. The van der Waals surface area contributed by atoms with Crippen LogP contribution in [0.4, 0.5) is 0 Å². The highest BCUT2D eigenvalue weighted by Crippen LogP contribution is 2.38. The third-order valence-corrected chi connectivity index (χ3v) is 4.77. The van der Waals surface area contributed by atoms with Crippen LogP contribution in [-0.4, -0.2) is 11.1 Å². The normalized spacial score (nSPS) is 16.8. The Morgan fingerprint density at radius 1 is 1.37 bits per heavy atom. The molecule has 1 fully saturated rings. The zero-order chi connectivity index (χ0) is 14.0. The van der Waals surface area contributed by atoms with E-state index in [9.17, 15) is 9.90 Å². The summed E-state index contributed by atoms with van der Waals surface area (Å²) >= 11 is 3.65. The Hall–Kier alpha value is -0.830. The van der Waals surface area contributed by atoms with Gasteiger partial charge in [0.25, 0.3) is 0 Å². The van der Waals surface area contributed by atoms with E-state index in [1.165, 1.54) is 31.2 Å². The van der Waals surface area contributed by atoms with E-state index in [0.717, 1.165) is 10.0 Å². The third kappa shape index (κ3) is 3.38. The lowest BCUT2D eigenvalue weighted by molar-refractivity contribution is -0.146. The molecule has 0 saturated heterocycles. The fourth-order valence-corrected chi connectivity index (χ4v) is 3.58. The van der Waals surface area contributed by atoms with E-state index in [1.807, 2.05) is 0 Å². The Bertz CT molecular complexity index is 474. The van der Waals surface area contributed by atoms with Gasteiger partial charge in [-0.05, 0) is 56.2 Å². The molecule has 19 heavy (non-hydrogen) atoms. The smallest absolute Gasteiger partial charge is 0.309 e. The number of hydrogen-bond acceptors (Lipinski definition) is 1. The lowest BCUT2D eigenvalue weighted by Gasteiger charge is -2.20. The molecule has 2 rings (SSSR count). The molecule has 0 aromatic heterocycles. The average molecular weight is 325 g/mol. The molecule has 0 bridgehead atoms. The zero-order valence-electron chi connectivity index (χ0n) is 11.6. The van der Waals surface area contributed by atoms with Gasteiger partial charge in [-0.2, -0.15) is 0 Å². The molecule has 1 aromatic rings. The van der Waals surface area contributed by atoms with Crippen LogP contribution < -0.4 is 0 Å². The van der Waals surface area contributed by atoms with Crippen molar-refractivity contribution in [2.75, 3.05) is 0 Å². The second-order valence-electron chi connectivity index (χ2n) is 6.20. The molecule has 0 atom stereocenters. The summed E-state index contributed by atoms with van der Waals surface area (Å²) in [4.78, 5) is 11.2. The van der Waals surface area contributed by atoms with Crippen molar-refractivity contribution in [3.05, 3.63) is 33.8 Å². The number of hydrogen-bond donors (Lipinski definition) is 1. The minimum atomic E-state index is -0.747. The molecule has 0 heterocycles. The van der Waals surface area contributed by atoms with Gasteiger partial charge in [0.15, 0.2) is 0 Å². The van der Waals surface area contributed by atoms with Gasteiger partial charge < -0.3 is 5.11 Å². The molecule has 1 aliphatic rings. The van der Waals surface area contributed by atoms with Gasteiger partial charge in [0.05, 0.1) is 5.41 Å². The molecule has 1 aromatic carbocycles. The number of aliphatic carboxylic acids is 1. The molecule has 1 N–H and O–H groups in total. The summed E-state index contributed by atoms with van der Waals surface area (Å²) in [5, 5.41) is 9.19. The minimum Gasteiger partial charge on any atom is -0.481 e. The average Bonchev–Trinajstić information content (AvgIpc) is 2.81. The van der Waals surface area contributed by atoms with Gasteiger partial charge in [-0.1, -0.05) is 40.9 Å². The predicted octanol–water partition coefficient (Wildman–Crippen LogP) is 4.76. The largest absolute Gasteiger partial charge is 0.481 e. The molecule has 2 nitrogen and oxygen atoms in total. The predicted molar refractivity (Wildman–Crippen MR) is 80.5 cm³/mol. The second kappa shape index (κ2) is 5.66. The van der Waals surface area contributed by atoms with Crippen molar-refractivity contribution >= 4 is 21.9 Å².